The summed E-state index contributed by atoms with van der Waals surface area (Å²) in [6.07, 6.45) is 0. The number of nitrogens with one attached hydrogen (secondary N) is 1. The number of carboxylic acid groups (broad SMARTS) is 1. The van der Waals surface area contributed by atoms with E-state index in [-0.39, 0.29) is 11.3 Å². The largest absolute Gasteiger partial charge is 0.480 e. The molecule has 144 valence electrons. The van der Waals surface area contributed by atoms with Crippen LogP contribution >= 0.6 is 0 Å². The highest BCUT2D eigenvalue weighted by molar-refractivity contribution is 5.97. The molecule has 6 heteroatoms. The Hall–Kier alpha value is -3.41. The first-order valence-electron chi connectivity index (χ1n) is 8.95. The number of aryl methyl sites for hydroxylation is 1. The fraction of sp³-hybridized carbons (Fsp3) is 0.227. The molecular weight excluding hydrogens is 358 g/mol. The molecule has 1 unspecified atom stereocenters. The predicted molar refractivity (Wildman–Crippen MR) is 106 cm³/mol. The second kappa shape index (κ2) is 7.68. The molecule has 3 rings (SSSR count). The topological polar surface area (TPSA) is 96.6 Å². The number of carboxylic acids is 1. The molecular formula is C22H21NO5. The second-order valence-corrected chi connectivity index (χ2v) is 7.09. The Labute approximate surface area is 161 Å². The number of fused-ring (bicyclic) bond motifs is 1. The van der Waals surface area contributed by atoms with Gasteiger partial charge in [-0.05, 0) is 37.1 Å². The molecule has 0 saturated heterocycles. The highest BCUT2D eigenvalue weighted by Crippen LogP contribution is 2.23. The minimum Gasteiger partial charge on any atom is -0.480 e. The molecule has 1 amide bonds. The Morgan fingerprint density at radius 3 is 2.32 bits per heavy atom. The van der Waals surface area contributed by atoms with Crippen LogP contribution in [0, 0.1) is 12.8 Å². The smallest absolute Gasteiger partial charge is 0.326 e. The summed E-state index contributed by atoms with van der Waals surface area (Å²) in [5.74, 6) is -1.38. The normalized spacial score (nSPS) is 12.1. The molecule has 0 aliphatic carbocycles. The van der Waals surface area contributed by atoms with Crippen LogP contribution in [0.25, 0.3) is 22.3 Å². The Bertz CT molecular complexity index is 1100. The number of carbonyl (C=O) groups excluding carboxylic acids is 1. The number of aliphatic carboxylic acids is 1. The van der Waals surface area contributed by atoms with Crippen molar-refractivity contribution in [2.75, 3.05) is 0 Å². The standard InChI is InChI=1S/C22H21NO5/c1-12(2)20(22(26)27)23-21(25)15-7-5-14(6-8-15)19-11-17(24)16-10-13(3)4-9-18(16)28-19/h4-12,20H,1-3H3,(H,23,25)(H,26,27). The van der Waals surface area contributed by atoms with Crippen LogP contribution in [-0.4, -0.2) is 23.0 Å². The maximum absolute atomic E-state index is 12.4. The van der Waals surface area contributed by atoms with E-state index < -0.39 is 17.9 Å². The average Bonchev–Trinajstić information content (AvgIpc) is 2.66. The predicted octanol–water partition coefficient (Wildman–Crippen LogP) is 3.61. The number of benzene rings is 2. The molecule has 2 N–H and O–H groups in total. The van der Waals surface area contributed by atoms with Gasteiger partial charge in [-0.15, -0.1) is 0 Å². The van der Waals surface area contributed by atoms with Gasteiger partial charge >= 0.3 is 5.97 Å². The summed E-state index contributed by atoms with van der Waals surface area (Å²) in [7, 11) is 0. The van der Waals surface area contributed by atoms with Crippen LogP contribution in [0.15, 0.2) is 57.7 Å². The van der Waals surface area contributed by atoms with Crippen molar-refractivity contribution in [1.82, 2.24) is 5.32 Å². The van der Waals surface area contributed by atoms with E-state index in [1.165, 1.54) is 6.07 Å². The lowest BCUT2D eigenvalue weighted by Gasteiger charge is -2.17. The van der Waals surface area contributed by atoms with Crippen LogP contribution in [0.2, 0.25) is 0 Å². The quantitative estimate of drug-likeness (QED) is 0.706. The molecule has 0 spiro atoms. The monoisotopic (exact) mass is 379 g/mol. The van der Waals surface area contributed by atoms with Gasteiger partial charge in [-0.3, -0.25) is 9.59 Å². The van der Waals surface area contributed by atoms with Crippen LogP contribution in [0.1, 0.15) is 29.8 Å². The summed E-state index contributed by atoms with van der Waals surface area (Å²) in [4.78, 5) is 35.9. The Kier molecular flexibility index (Phi) is 5.31. The maximum Gasteiger partial charge on any atom is 0.326 e. The Morgan fingerprint density at radius 2 is 1.71 bits per heavy atom. The van der Waals surface area contributed by atoms with Crippen LogP contribution < -0.4 is 10.7 Å². The first-order valence-corrected chi connectivity index (χ1v) is 8.95. The first-order chi connectivity index (χ1) is 13.3. The highest BCUT2D eigenvalue weighted by atomic mass is 16.4. The minimum absolute atomic E-state index is 0.136. The SMILES string of the molecule is Cc1ccc2oc(-c3ccc(C(=O)NC(C(=O)O)C(C)C)cc3)cc(=O)c2c1. The third-order valence-corrected chi connectivity index (χ3v) is 4.53. The lowest BCUT2D eigenvalue weighted by Crippen LogP contribution is -2.44. The van der Waals surface area contributed by atoms with E-state index in [0.29, 0.717) is 27.9 Å². The van der Waals surface area contributed by atoms with Crippen molar-refractivity contribution in [2.45, 2.75) is 26.8 Å². The van der Waals surface area contributed by atoms with Crippen molar-refractivity contribution in [3.05, 3.63) is 69.9 Å². The van der Waals surface area contributed by atoms with E-state index in [1.54, 1.807) is 50.2 Å². The lowest BCUT2D eigenvalue weighted by molar-refractivity contribution is -0.140. The van der Waals surface area contributed by atoms with Gasteiger partial charge < -0.3 is 14.8 Å². The van der Waals surface area contributed by atoms with Crippen LogP contribution in [0.3, 0.4) is 0 Å². The van der Waals surface area contributed by atoms with Gasteiger partial charge in [0.05, 0.1) is 5.39 Å². The number of hydrogen-bond donors (Lipinski definition) is 2. The third-order valence-electron chi connectivity index (χ3n) is 4.53. The fourth-order valence-electron chi connectivity index (χ4n) is 2.94. The van der Waals surface area contributed by atoms with E-state index in [4.69, 9.17) is 4.42 Å². The van der Waals surface area contributed by atoms with Crippen molar-refractivity contribution in [1.29, 1.82) is 0 Å². The Balaban J connectivity index is 1.87. The van der Waals surface area contributed by atoms with Crippen LogP contribution in [-0.2, 0) is 4.79 Å². The van der Waals surface area contributed by atoms with E-state index in [0.717, 1.165) is 5.56 Å². The first kappa shape index (κ1) is 19.4. The summed E-state index contributed by atoms with van der Waals surface area (Å²) < 4.78 is 5.83. The Morgan fingerprint density at radius 1 is 1.04 bits per heavy atom. The van der Waals surface area contributed by atoms with Gasteiger partial charge in [0.15, 0.2) is 5.43 Å². The van der Waals surface area contributed by atoms with Gasteiger partial charge in [0.2, 0.25) is 0 Å². The fourth-order valence-corrected chi connectivity index (χ4v) is 2.94. The molecule has 0 saturated carbocycles. The van der Waals surface area contributed by atoms with Crippen molar-refractivity contribution < 1.29 is 19.1 Å². The molecule has 0 aliphatic rings. The van der Waals surface area contributed by atoms with Gasteiger partial charge in [-0.1, -0.05) is 37.6 Å². The van der Waals surface area contributed by atoms with Crippen LogP contribution in [0.5, 0.6) is 0 Å². The molecule has 1 heterocycles. The van der Waals surface area contributed by atoms with E-state index in [9.17, 15) is 19.5 Å². The van der Waals surface area contributed by atoms with Crippen molar-refractivity contribution >= 4 is 22.8 Å². The van der Waals surface area contributed by atoms with E-state index in [2.05, 4.69) is 5.32 Å². The van der Waals surface area contributed by atoms with Gasteiger partial charge in [0, 0.05) is 17.2 Å². The molecule has 0 radical (unpaired) electrons. The highest BCUT2D eigenvalue weighted by Gasteiger charge is 2.23. The minimum atomic E-state index is -1.08. The van der Waals surface area contributed by atoms with Gasteiger partial charge in [-0.25, -0.2) is 4.79 Å². The average molecular weight is 379 g/mol. The number of rotatable bonds is 5. The summed E-state index contributed by atoms with van der Waals surface area (Å²) in [5.41, 5.74) is 2.31. The molecule has 0 fully saturated rings. The molecule has 2 aromatic carbocycles. The van der Waals surface area contributed by atoms with Crippen molar-refractivity contribution in [3.8, 4) is 11.3 Å². The summed E-state index contributed by atoms with van der Waals surface area (Å²) in [6, 6.07) is 12.4. The second-order valence-electron chi connectivity index (χ2n) is 7.09. The third kappa shape index (κ3) is 3.96. The van der Waals surface area contributed by atoms with Crippen molar-refractivity contribution in [2.24, 2.45) is 5.92 Å². The molecule has 0 bridgehead atoms. The summed E-state index contributed by atoms with van der Waals surface area (Å²) in [6.45, 7) is 5.36. The van der Waals surface area contributed by atoms with E-state index in [1.807, 2.05) is 13.0 Å². The maximum atomic E-state index is 12.4. The number of hydrogen-bond acceptors (Lipinski definition) is 4. The van der Waals surface area contributed by atoms with Gasteiger partial charge in [0.1, 0.15) is 17.4 Å². The zero-order valence-electron chi connectivity index (χ0n) is 15.9. The van der Waals surface area contributed by atoms with Gasteiger partial charge in [0.25, 0.3) is 5.91 Å². The zero-order chi connectivity index (χ0) is 20.4. The summed E-state index contributed by atoms with van der Waals surface area (Å²) in [5, 5.41) is 12.2. The zero-order valence-corrected chi connectivity index (χ0v) is 15.9. The molecule has 1 aromatic heterocycles. The molecule has 1 atom stereocenters. The molecule has 0 aliphatic heterocycles. The molecule has 6 nitrogen and oxygen atoms in total. The molecule has 28 heavy (non-hydrogen) atoms. The van der Waals surface area contributed by atoms with Crippen LogP contribution in [0.4, 0.5) is 0 Å². The van der Waals surface area contributed by atoms with E-state index >= 15 is 0 Å². The van der Waals surface area contributed by atoms with Gasteiger partial charge in [-0.2, -0.15) is 0 Å². The number of amides is 1. The van der Waals surface area contributed by atoms with Crippen molar-refractivity contribution in [3.63, 3.8) is 0 Å². The summed E-state index contributed by atoms with van der Waals surface area (Å²) >= 11 is 0. The number of carbonyl (C=O) groups is 2. The lowest BCUT2D eigenvalue weighted by atomic mass is 10.0. The molecule has 3 aromatic rings.